The largest absolute Gasteiger partial charge is 0.335 e. The van der Waals surface area contributed by atoms with E-state index in [1.54, 1.807) is 9.58 Å². The second-order valence-electron chi connectivity index (χ2n) is 6.66. The highest BCUT2D eigenvalue weighted by Gasteiger charge is 2.35. The van der Waals surface area contributed by atoms with Crippen LogP contribution < -0.4 is 5.73 Å². The third-order valence-corrected chi connectivity index (χ3v) is 4.98. The predicted octanol–water partition coefficient (Wildman–Crippen LogP) is 2.56. The fraction of sp³-hybridized carbons (Fsp3) is 0.250. The molecule has 6 nitrogen and oxygen atoms in total. The van der Waals surface area contributed by atoms with E-state index in [2.05, 4.69) is 22.4 Å². The van der Waals surface area contributed by atoms with E-state index in [4.69, 9.17) is 5.73 Å². The van der Waals surface area contributed by atoms with Gasteiger partial charge in [0, 0.05) is 25.0 Å². The first-order valence-electron chi connectivity index (χ1n) is 8.72. The second-order valence-corrected chi connectivity index (χ2v) is 6.66. The van der Waals surface area contributed by atoms with Crippen molar-refractivity contribution in [3.8, 4) is 5.69 Å². The zero-order valence-electron chi connectivity index (χ0n) is 15.0. The van der Waals surface area contributed by atoms with Gasteiger partial charge in [-0.1, -0.05) is 53.7 Å². The summed E-state index contributed by atoms with van der Waals surface area (Å²) in [4.78, 5) is 14.8. The molecule has 27 heavy (non-hydrogen) atoms. The Labute approximate surface area is 164 Å². The number of aromatic nitrogens is 3. The first-order chi connectivity index (χ1) is 12.6. The van der Waals surface area contributed by atoms with Gasteiger partial charge in [0.25, 0.3) is 5.91 Å². The molecule has 1 aromatic heterocycles. The maximum absolute atomic E-state index is 13.0. The molecule has 1 amide bonds. The van der Waals surface area contributed by atoms with E-state index in [-0.39, 0.29) is 30.3 Å². The van der Waals surface area contributed by atoms with E-state index in [0.717, 1.165) is 11.4 Å². The summed E-state index contributed by atoms with van der Waals surface area (Å²) in [5.74, 6) is 0.0307. The van der Waals surface area contributed by atoms with Crippen LogP contribution in [0.4, 0.5) is 0 Å². The molecule has 4 rings (SSSR count). The van der Waals surface area contributed by atoms with Crippen LogP contribution >= 0.6 is 12.4 Å². The van der Waals surface area contributed by atoms with Crippen LogP contribution in [0.5, 0.6) is 0 Å². The molecule has 140 valence electrons. The number of para-hydroxylation sites is 1. The van der Waals surface area contributed by atoms with Gasteiger partial charge in [0.2, 0.25) is 0 Å². The number of nitrogens with two attached hydrogens (primary N) is 1. The minimum Gasteiger partial charge on any atom is -0.335 e. The molecule has 0 unspecified atom stereocenters. The van der Waals surface area contributed by atoms with Gasteiger partial charge in [-0.15, -0.1) is 17.5 Å². The Kier molecular flexibility index (Phi) is 5.58. The molecule has 0 spiro atoms. The van der Waals surface area contributed by atoms with Crippen molar-refractivity contribution in [3.05, 3.63) is 77.6 Å². The van der Waals surface area contributed by atoms with Gasteiger partial charge in [0.05, 0.1) is 11.4 Å². The highest BCUT2D eigenvalue weighted by molar-refractivity contribution is 5.93. The third kappa shape index (κ3) is 3.59. The Bertz CT molecular complexity index is 913. The van der Waals surface area contributed by atoms with Gasteiger partial charge in [-0.2, -0.15) is 0 Å². The smallest absolute Gasteiger partial charge is 0.276 e. The molecule has 1 aliphatic heterocycles. The van der Waals surface area contributed by atoms with Crippen LogP contribution in [0.25, 0.3) is 5.69 Å². The van der Waals surface area contributed by atoms with Gasteiger partial charge in [-0.05, 0) is 24.6 Å². The lowest BCUT2D eigenvalue weighted by Gasteiger charge is -2.15. The second kappa shape index (κ2) is 7.90. The Balaban J connectivity index is 0.00000210. The van der Waals surface area contributed by atoms with Crippen molar-refractivity contribution in [1.29, 1.82) is 0 Å². The SMILES string of the molecule is Cc1c(C(=O)N2C[C@@H](N)[C@H](c3ccccc3)C2)nnn1-c1ccccc1.Cl. The number of hydrogen-bond donors (Lipinski definition) is 1. The van der Waals surface area contributed by atoms with E-state index in [9.17, 15) is 4.79 Å². The van der Waals surface area contributed by atoms with Crippen molar-refractivity contribution in [2.45, 2.75) is 18.9 Å². The van der Waals surface area contributed by atoms with Gasteiger partial charge in [0.15, 0.2) is 5.69 Å². The number of carbonyl (C=O) groups is 1. The van der Waals surface area contributed by atoms with Gasteiger partial charge < -0.3 is 10.6 Å². The van der Waals surface area contributed by atoms with Crippen LogP contribution in [0, 0.1) is 6.92 Å². The minimum absolute atomic E-state index is 0. The standard InChI is InChI=1S/C20H21N5O.ClH/c1-14-19(22-23-25(14)16-10-6-3-7-11-16)20(26)24-12-17(18(21)13-24)15-8-4-2-5-9-15;/h2-11,17-18H,12-13,21H2,1H3;1H/t17-,18+;/m0./s1. The summed E-state index contributed by atoms with van der Waals surface area (Å²) in [6.07, 6.45) is 0. The summed E-state index contributed by atoms with van der Waals surface area (Å²) in [6, 6.07) is 19.7. The van der Waals surface area contributed by atoms with Crippen LogP contribution in [0.15, 0.2) is 60.7 Å². The average Bonchev–Trinajstić information content (AvgIpc) is 3.25. The summed E-state index contributed by atoms with van der Waals surface area (Å²) in [5, 5.41) is 8.30. The van der Waals surface area contributed by atoms with Gasteiger partial charge >= 0.3 is 0 Å². The number of rotatable bonds is 3. The molecule has 0 radical (unpaired) electrons. The van der Waals surface area contributed by atoms with Crippen molar-refractivity contribution >= 4 is 18.3 Å². The Morgan fingerprint density at radius 1 is 1.04 bits per heavy atom. The van der Waals surface area contributed by atoms with Gasteiger partial charge in [-0.3, -0.25) is 4.79 Å². The summed E-state index contributed by atoms with van der Waals surface area (Å²) < 4.78 is 1.69. The van der Waals surface area contributed by atoms with Crippen LogP contribution in [0.1, 0.15) is 27.7 Å². The minimum atomic E-state index is -0.112. The molecule has 2 heterocycles. The van der Waals surface area contributed by atoms with Crippen LogP contribution in [-0.2, 0) is 0 Å². The summed E-state index contributed by atoms with van der Waals surface area (Å²) in [5.41, 5.74) is 9.49. The third-order valence-electron chi connectivity index (χ3n) is 4.98. The number of nitrogens with zero attached hydrogens (tertiary/aromatic N) is 4. The molecule has 3 aromatic rings. The highest BCUT2D eigenvalue weighted by atomic mass is 35.5. The Morgan fingerprint density at radius 2 is 1.67 bits per heavy atom. The summed E-state index contributed by atoms with van der Waals surface area (Å²) in [7, 11) is 0. The molecule has 0 bridgehead atoms. The number of hydrogen-bond acceptors (Lipinski definition) is 4. The van der Waals surface area contributed by atoms with E-state index in [1.807, 2.05) is 55.5 Å². The maximum atomic E-state index is 13.0. The molecular formula is C20H22ClN5O. The molecule has 2 N–H and O–H groups in total. The van der Waals surface area contributed by atoms with Crippen molar-refractivity contribution in [3.63, 3.8) is 0 Å². The molecule has 1 saturated heterocycles. The zero-order chi connectivity index (χ0) is 18.1. The quantitative estimate of drug-likeness (QED) is 0.754. The first kappa shape index (κ1) is 19.1. The zero-order valence-corrected chi connectivity index (χ0v) is 15.8. The lowest BCUT2D eigenvalue weighted by atomic mass is 9.95. The predicted molar refractivity (Wildman–Crippen MR) is 106 cm³/mol. The first-order valence-corrected chi connectivity index (χ1v) is 8.72. The van der Waals surface area contributed by atoms with Crippen LogP contribution in [0.2, 0.25) is 0 Å². The highest BCUT2D eigenvalue weighted by Crippen LogP contribution is 2.27. The maximum Gasteiger partial charge on any atom is 0.276 e. The number of likely N-dealkylation sites (tertiary alicyclic amines) is 1. The molecule has 0 saturated carbocycles. The Morgan fingerprint density at radius 3 is 2.33 bits per heavy atom. The van der Waals surface area contributed by atoms with Crippen molar-refractivity contribution < 1.29 is 4.79 Å². The number of halogens is 1. The summed E-state index contributed by atoms with van der Waals surface area (Å²) in [6.45, 7) is 2.99. The lowest BCUT2D eigenvalue weighted by molar-refractivity contribution is 0.0782. The topological polar surface area (TPSA) is 77.0 Å². The van der Waals surface area contributed by atoms with E-state index < -0.39 is 0 Å². The van der Waals surface area contributed by atoms with E-state index >= 15 is 0 Å². The number of amides is 1. The summed E-state index contributed by atoms with van der Waals surface area (Å²) >= 11 is 0. The van der Waals surface area contributed by atoms with Crippen molar-refractivity contribution in [2.24, 2.45) is 5.73 Å². The van der Waals surface area contributed by atoms with E-state index in [0.29, 0.717) is 18.8 Å². The molecule has 0 aliphatic carbocycles. The fourth-order valence-electron chi connectivity index (χ4n) is 3.54. The molecule has 2 aromatic carbocycles. The van der Waals surface area contributed by atoms with Crippen molar-refractivity contribution in [2.75, 3.05) is 13.1 Å². The lowest BCUT2D eigenvalue weighted by Crippen LogP contribution is -2.32. The molecule has 7 heteroatoms. The molecule has 1 fully saturated rings. The molecular weight excluding hydrogens is 362 g/mol. The van der Waals surface area contributed by atoms with Gasteiger partial charge in [0.1, 0.15) is 0 Å². The van der Waals surface area contributed by atoms with Crippen LogP contribution in [-0.4, -0.2) is 44.9 Å². The normalized spacial score (nSPS) is 19.0. The number of benzene rings is 2. The van der Waals surface area contributed by atoms with E-state index in [1.165, 1.54) is 5.56 Å². The fourth-order valence-corrected chi connectivity index (χ4v) is 3.54. The molecule has 1 aliphatic rings. The average molecular weight is 384 g/mol. The molecule has 2 atom stereocenters. The van der Waals surface area contributed by atoms with Gasteiger partial charge in [-0.25, -0.2) is 4.68 Å². The monoisotopic (exact) mass is 383 g/mol. The van der Waals surface area contributed by atoms with Crippen molar-refractivity contribution in [1.82, 2.24) is 19.9 Å². The Hall–Kier alpha value is -2.70. The van der Waals surface area contributed by atoms with Crippen LogP contribution in [0.3, 0.4) is 0 Å². The number of carbonyl (C=O) groups excluding carboxylic acids is 1.